The molecule has 3 aliphatic rings. The minimum atomic E-state index is -0.392. The Hall–Kier alpha value is -2.74. The Bertz CT molecular complexity index is 823. The Labute approximate surface area is 156 Å². The van der Waals surface area contributed by atoms with Gasteiger partial charge in [-0.3, -0.25) is 24.1 Å². The standard InChI is InChI=1S/C19H21N3O5/c1-20-17(24)13-5-4-12(11-14(13)18(20)25)16(23)21-6-8-22(9-7-21)19(26)15-3-2-10-27-15/h4-5,11,15H,2-3,6-10H2,1H3. The van der Waals surface area contributed by atoms with Crippen LogP contribution < -0.4 is 0 Å². The number of rotatable bonds is 2. The Morgan fingerprint density at radius 1 is 1.00 bits per heavy atom. The molecule has 8 nitrogen and oxygen atoms in total. The van der Waals surface area contributed by atoms with Gasteiger partial charge >= 0.3 is 0 Å². The largest absolute Gasteiger partial charge is 0.368 e. The maximum Gasteiger partial charge on any atom is 0.261 e. The first-order chi connectivity index (χ1) is 13.0. The summed E-state index contributed by atoms with van der Waals surface area (Å²) in [6.07, 6.45) is 1.32. The second-order valence-electron chi connectivity index (χ2n) is 7.05. The van der Waals surface area contributed by atoms with E-state index in [1.165, 1.54) is 19.2 Å². The van der Waals surface area contributed by atoms with E-state index in [1.807, 2.05) is 0 Å². The lowest BCUT2D eigenvalue weighted by Crippen LogP contribution is -2.52. The number of fused-ring (bicyclic) bond motifs is 1. The van der Waals surface area contributed by atoms with Gasteiger partial charge in [0.1, 0.15) is 6.10 Å². The zero-order valence-corrected chi connectivity index (χ0v) is 15.1. The van der Waals surface area contributed by atoms with Crippen LogP contribution in [0.2, 0.25) is 0 Å². The van der Waals surface area contributed by atoms with Crippen molar-refractivity contribution in [3.8, 4) is 0 Å². The summed E-state index contributed by atoms with van der Waals surface area (Å²) in [6.45, 7) is 2.43. The van der Waals surface area contributed by atoms with Crippen LogP contribution >= 0.6 is 0 Å². The SMILES string of the molecule is CN1C(=O)c2ccc(C(=O)N3CCN(C(=O)C4CCCO4)CC3)cc2C1=O. The fourth-order valence-electron chi connectivity index (χ4n) is 3.78. The number of ether oxygens (including phenoxy) is 1. The molecule has 0 radical (unpaired) electrons. The lowest BCUT2D eigenvalue weighted by atomic mass is 10.0. The summed E-state index contributed by atoms with van der Waals surface area (Å²) in [5.74, 6) is -0.937. The van der Waals surface area contributed by atoms with Gasteiger partial charge in [-0.15, -0.1) is 0 Å². The number of hydrogen-bond acceptors (Lipinski definition) is 5. The van der Waals surface area contributed by atoms with Gasteiger partial charge in [-0.1, -0.05) is 0 Å². The first-order valence-corrected chi connectivity index (χ1v) is 9.13. The van der Waals surface area contributed by atoms with Gasteiger partial charge < -0.3 is 14.5 Å². The van der Waals surface area contributed by atoms with Crippen molar-refractivity contribution >= 4 is 23.6 Å². The highest BCUT2D eigenvalue weighted by molar-refractivity contribution is 6.21. The second-order valence-corrected chi connectivity index (χ2v) is 7.05. The normalized spacial score (nSPS) is 22.4. The quantitative estimate of drug-likeness (QED) is 0.702. The van der Waals surface area contributed by atoms with Crippen LogP contribution in [0.25, 0.3) is 0 Å². The van der Waals surface area contributed by atoms with Gasteiger partial charge in [0.25, 0.3) is 23.6 Å². The molecule has 4 amide bonds. The van der Waals surface area contributed by atoms with Crippen molar-refractivity contribution in [1.29, 1.82) is 0 Å². The third kappa shape index (κ3) is 2.99. The van der Waals surface area contributed by atoms with E-state index < -0.39 is 5.91 Å². The van der Waals surface area contributed by atoms with Crippen LogP contribution in [0.4, 0.5) is 0 Å². The van der Waals surface area contributed by atoms with Crippen LogP contribution in [0.15, 0.2) is 18.2 Å². The Balaban J connectivity index is 1.42. The van der Waals surface area contributed by atoms with Crippen molar-refractivity contribution in [1.82, 2.24) is 14.7 Å². The Kier molecular flexibility index (Phi) is 4.43. The van der Waals surface area contributed by atoms with Crippen LogP contribution in [0.5, 0.6) is 0 Å². The number of imide groups is 1. The van der Waals surface area contributed by atoms with Gasteiger partial charge in [0.2, 0.25) is 0 Å². The van der Waals surface area contributed by atoms with Gasteiger partial charge in [0, 0.05) is 45.4 Å². The summed E-state index contributed by atoms with van der Waals surface area (Å²) in [5.41, 5.74) is 0.968. The molecule has 1 aromatic rings. The highest BCUT2D eigenvalue weighted by Crippen LogP contribution is 2.24. The maximum atomic E-state index is 12.8. The molecular formula is C19H21N3O5. The molecule has 2 saturated heterocycles. The molecule has 1 atom stereocenters. The van der Waals surface area contributed by atoms with Crippen molar-refractivity contribution in [2.45, 2.75) is 18.9 Å². The van der Waals surface area contributed by atoms with Crippen molar-refractivity contribution in [2.75, 3.05) is 39.8 Å². The molecule has 1 unspecified atom stereocenters. The fourth-order valence-corrected chi connectivity index (χ4v) is 3.78. The molecule has 3 heterocycles. The summed E-state index contributed by atoms with van der Waals surface area (Å²) in [6, 6.07) is 4.60. The van der Waals surface area contributed by atoms with Crippen LogP contribution in [-0.2, 0) is 9.53 Å². The minimum Gasteiger partial charge on any atom is -0.368 e. The van der Waals surface area contributed by atoms with Crippen LogP contribution in [0, 0.1) is 0 Å². The highest BCUT2D eigenvalue weighted by atomic mass is 16.5. The molecule has 0 aromatic heterocycles. The maximum absolute atomic E-state index is 12.8. The van der Waals surface area contributed by atoms with E-state index in [-0.39, 0.29) is 29.4 Å². The molecule has 2 fully saturated rings. The topological polar surface area (TPSA) is 87.2 Å². The molecular weight excluding hydrogens is 350 g/mol. The van der Waals surface area contributed by atoms with Crippen molar-refractivity contribution in [3.63, 3.8) is 0 Å². The number of carbonyl (C=O) groups excluding carboxylic acids is 4. The van der Waals surface area contributed by atoms with Gasteiger partial charge in [0.05, 0.1) is 11.1 Å². The number of piperazine rings is 1. The van der Waals surface area contributed by atoms with Gasteiger partial charge in [-0.05, 0) is 31.0 Å². The predicted molar refractivity (Wildman–Crippen MR) is 94.3 cm³/mol. The van der Waals surface area contributed by atoms with Gasteiger partial charge in [-0.2, -0.15) is 0 Å². The zero-order chi connectivity index (χ0) is 19.1. The summed E-state index contributed by atoms with van der Waals surface area (Å²) in [4.78, 5) is 53.7. The van der Waals surface area contributed by atoms with Gasteiger partial charge in [0.15, 0.2) is 0 Å². The molecule has 0 aliphatic carbocycles. The lowest BCUT2D eigenvalue weighted by molar-refractivity contribution is -0.142. The molecule has 27 heavy (non-hydrogen) atoms. The third-order valence-corrected chi connectivity index (χ3v) is 5.42. The van der Waals surface area contributed by atoms with E-state index in [0.717, 1.165) is 17.7 Å². The number of nitrogens with zero attached hydrogens (tertiary/aromatic N) is 3. The molecule has 0 bridgehead atoms. The van der Waals surface area contributed by atoms with E-state index in [2.05, 4.69) is 0 Å². The number of benzene rings is 1. The lowest BCUT2D eigenvalue weighted by Gasteiger charge is -2.35. The smallest absolute Gasteiger partial charge is 0.261 e. The van der Waals surface area contributed by atoms with Crippen LogP contribution in [0.3, 0.4) is 0 Å². The van der Waals surface area contributed by atoms with E-state index in [0.29, 0.717) is 43.9 Å². The summed E-state index contributed by atoms with van der Waals surface area (Å²) in [5, 5.41) is 0. The van der Waals surface area contributed by atoms with E-state index in [9.17, 15) is 19.2 Å². The fraction of sp³-hybridized carbons (Fsp3) is 0.474. The van der Waals surface area contributed by atoms with Crippen molar-refractivity contribution in [3.05, 3.63) is 34.9 Å². The monoisotopic (exact) mass is 371 g/mol. The number of amides is 4. The Morgan fingerprint density at radius 2 is 1.67 bits per heavy atom. The van der Waals surface area contributed by atoms with E-state index in [4.69, 9.17) is 4.74 Å². The minimum absolute atomic E-state index is 0.00396. The summed E-state index contributed by atoms with van der Waals surface area (Å²) < 4.78 is 5.45. The Morgan fingerprint density at radius 3 is 2.33 bits per heavy atom. The molecule has 142 valence electrons. The number of carbonyl (C=O) groups is 4. The molecule has 0 N–H and O–H groups in total. The highest BCUT2D eigenvalue weighted by Gasteiger charge is 2.35. The van der Waals surface area contributed by atoms with Crippen molar-refractivity contribution in [2.24, 2.45) is 0 Å². The zero-order valence-electron chi connectivity index (χ0n) is 15.1. The average Bonchev–Trinajstić information content (AvgIpc) is 3.31. The molecule has 0 saturated carbocycles. The third-order valence-electron chi connectivity index (χ3n) is 5.42. The molecule has 8 heteroatoms. The molecule has 0 spiro atoms. The van der Waals surface area contributed by atoms with E-state index in [1.54, 1.807) is 15.9 Å². The van der Waals surface area contributed by atoms with Crippen molar-refractivity contribution < 1.29 is 23.9 Å². The molecule has 4 rings (SSSR count). The molecule has 1 aromatic carbocycles. The van der Waals surface area contributed by atoms with E-state index >= 15 is 0 Å². The first-order valence-electron chi connectivity index (χ1n) is 9.13. The summed E-state index contributed by atoms with van der Waals surface area (Å²) >= 11 is 0. The second kappa shape index (κ2) is 6.77. The summed E-state index contributed by atoms with van der Waals surface area (Å²) in [7, 11) is 1.43. The average molecular weight is 371 g/mol. The van der Waals surface area contributed by atoms with Crippen LogP contribution in [0.1, 0.15) is 43.9 Å². The van der Waals surface area contributed by atoms with Crippen LogP contribution in [-0.4, -0.2) is 84.3 Å². The predicted octanol–water partition coefficient (Wildman–Crippen LogP) is 0.376. The number of hydrogen-bond donors (Lipinski definition) is 0. The molecule has 3 aliphatic heterocycles. The van der Waals surface area contributed by atoms with Gasteiger partial charge in [-0.25, -0.2) is 0 Å². The first kappa shape index (κ1) is 17.7.